The molecule has 5 fully saturated rings. The van der Waals surface area contributed by atoms with Crippen molar-refractivity contribution in [2.24, 2.45) is 5.92 Å². The molecule has 3 saturated carbocycles. The van der Waals surface area contributed by atoms with Gasteiger partial charge in [0.15, 0.2) is 0 Å². The number of aromatic nitrogens is 1. The topological polar surface area (TPSA) is 118 Å². The fourth-order valence-electron chi connectivity index (χ4n) is 9.97. The number of rotatable bonds is 6. The molecule has 3 aromatic rings. The molecule has 10 nitrogen and oxygen atoms in total. The molecule has 3 aliphatic carbocycles. The van der Waals surface area contributed by atoms with Gasteiger partial charge in [0.1, 0.15) is 11.3 Å². The maximum Gasteiger partial charge on any atom is 0.264 e. The van der Waals surface area contributed by atoms with E-state index in [-0.39, 0.29) is 35.3 Å². The van der Waals surface area contributed by atoms with Crippen LogP contribution in [-0.2, 0) is 25.2 Å². The van der Waals surface area contributed by atoms with E-state index in [2.05, 4.69) is 21.4 Å². The molecule has 4 heterocycles. The third-order valence-corrected chi connectivity index (χ3v) is 14.4. The summed E-state index contributed by atoms with van der Waals surface area (Å²) < 4.78 is 35.8. The summed E-state index contributed by atoms with van der Waals surface area (Å²) in [6, 6.07) is 11.8. The van der Waals surface area contributed by atoms with Crippen LogP contribution in [0.15, 0.2) is 36.4 Å². The van der Waals surface area contributed by atoms with Crippen LogP contribution in [0.4, 0.5) is 0 Å². The number of methoxy groups -OCH3 is 1. The second kappa shape index (κ2) is 11.1. The van der Waals surface area contributed by atoms with E-state index in [1.54, 1.807) is 20.1 Å². The number of hydrogen-bond acceptors (Lipinski definition) is 6. The maximum atomic E-state index is 15.2. The van der Waals surface area contributed by atoms with Crippen LogP contribution in [-0.4, -0.2) is 78.5 Å². The van der Waals surface area contributed by atoms with Gasteiger partial charge in [-0.2, -0.15) is 0 Å². The predicted octanol–water partition coefficient (Wildman–Crippen LogP) is 5.25. The van der Waals surface area contributed by atoms with Crippen LogP contribution in [0.2, 0.25) is 0 Å². The van der Waals surface area contributed by atoms with Crippen molar-refractivity contribution in [2.75, 3.05) is 26.7 Å². The van der Waals surface area contributed by atoms with Crippen molar-refractivity contribution in [3.05, 3.63) is 53.1 Å². The highest BCUT2D eigenvalue weighted by atomic mass is 32.2. The highest BCUT2D eigenvalue weighted by molar-refractivity contribution is 7.91. The number of hydrogen-bond donors (Lipinski definition) is 1. The van der Waals surface area contributed by atoms with E-state index < -0.39 is 26.7 Å². The molecule has 1 aromatic heterocycles. The number of nitrogens with one attached hydrogen (secondary N) is 1. The number of likely N-dealkylation sites (tertiary alicyclic amines) is 2. The second-order valence-corrected chi connectivity index (χ2v) is 17.3. The molecule has 6 aliphatic rings. The molecule has 258 valence electrons. The molecule has 3 amide bonds. The van der Waals surface area contributed by atoms with Crippen LogP contribution in [0.1, 0.15) is 104 Å². The molecule has 11 heteroatoms. The first kappa shape index (κ1) is 31.1. The second-order valence-electron chi connectivity index (χ2n) is 15.4. The van der Waals surface area contributed by atoms with Crippen LogP contribution in [0.25, 0.3) is 22.2 Å². The molecule has 4 atom stereocenters. The lowest BCUT2D eigenvalue weighted by molar-refractivity contribution is -0.137. The molecule has 49 heavy (non-hydrogen) atoms. The van der Waals surface area contributed by atoms with Crippen LogP contribution in [0.3, 0.4) is 0 Å². The first-order valence-corrected chi connectivity index (χ1v) is 19.7. The normalized spacial score (nSPS) is 27.6. The summed E-state index contributed by atoms with van der Waals surface area (Å²) >= 11 is 0. The summed E-state index contributed by atoms with van der Waals surface area (Å²) in [5, 5.41) is 0.520. The highest BCUT2D eigenvalue weighted by Gasteiger charge is 2.68. The fourth-order valence-corrected chi connectivity index (χ4v) is 11.3. The zero-order chi connectivity index (χ0) is 33.8. The summed E-state index contributed by atoms with van der Waals surface area (Å²) in [5.74, 6) is 0.749. The standard InChI is InChI=1S/C38H44N4O6S/c1-22(43)41-16-6-9-25-20-40(21-33(25)41)37(45)38-19-31(38)30-18-26(48-2)11-15-28(30)35-34(23-7-4-3-5-8-23)29-14-10-24(17-32(29)42(35)38)36(44)39-49(46,47)27-12-13-27/h10-11,14-15,17-18,23,25,27,31,33H,3-9,12-13,16,19-21H2,1-2H3,(H,39,44). The minimum atomic E-state index is -3.73. The lowest BCUT2D eigenvalue weighted by Crippen LogP contribution is -2.48. The van der Waals surface area contributed by atoms with Crippen LogP contribution in [0.5, 0.6) is 5.75 Å². The highest BCUT2D eigenvalue weighted by Crippen LogP contribution is 2.67. The smallest absolute Gasteiger partial charge is 0.264 e. The van der Waals surface area contributed by atoms with E-state index in [0.717, 1.165) is 78.5 Å². The van der Waals surface area contributed by atoms with Gasteiger partial charge in [0.25, 0.3) is 5.91 Å². The van der Waals surface area contributed by atoms with Gasteiger partial charge >= 0.3 is 0 Å². The Morgan fingerprint density at radius 1 is 0.939 bits per heavy atom. The first-order valence-electron chi connectivity index (χ1n) is 18.1. The number of amides is 3. The molecular formula is C38H44N4O6S. The van der Waals surface area contributed by atoms with Crippen molar-refractivity contribution in [3.63, 3.8) is 0 Å². The van der Waals surface area contributed by atoms with Crippen molar-refractivity contribution >= 4 is 38.6 Å². The number of carbonyl (C=O) groups is 3. The molecular weight excluding hydrogens is 641 g/mol. The molecule has 2 saturated heterocycles. The lowest BCUT2D eigenvalue weighted by Gasteiger charge is -2.36. The molecule has 3 aliphatic heterocycles. The third-order valence-electron chi connectivity index (χ3n) is 12.5. The summed E-state index contributed by atoms with van der Waals surface area (Å²) in [6.45, 7) is 3.52. The molecule has 1 N–H and O–H groups in total. The van der Waals surface area contributed by atoms with Crippen molar-refractivity contribution < 1.29 is 27.5 Å². The number of ether oxygens (including phenoxy) is 1. The molecule has 9 rings (SSSR count). The van der Waals surface area contributed by atoms with Crippen molar-refractivity contribution in [3.8, 4) is 17.0 Å². The van der Waals surface area contributed by atoms with Crippen LogP contribution < -0.4 is 9.46 Å². The SMILES string of the molecule is COc1ccc2c(c1)C1CC1(C(=O)N1CC3CCCN(C(C)=O)C3C1)n1c-2c(C2CCCCC2)c2ccc(C(=O)NS(=O)(=O)C3CC3)cc21. The van der Waals surface area contributed by atoms with Gasteiger partial charge in [-0.05, 0) is 98.2 Å². The molecule has 2 aromatic carbocycles. The fraction of sp³-hybridized carbons (Fsp3) is 0.553. The Morgan fingerprint density at radius 3 is 2.47 bits per heavy atom. The molecule has 0 spiro atoms. The maximum absolute atomic E-state index is 15.2. The van der Waals surface area contributed by atoms with Crippen LogP contribution >= 0.6 is 0 Å². The van der Waals surface area contributed by atoms with Gasteiger partial charge in [0.2, 0.25) is 21.8 Å². The summed E-state index contributed by atoms with van der Waals surface area (Å²) in [6.07, 6.45) is 9.31. The third kappa shape index (κ3) is 4.70. The van der Waals surface area contributed by atoms with Crippen molar-refractivity contribution in [1.29, 1.82) is 0 Å². The number of carbonyl (C=O) groups excluding carboxylic acids is 3. The lowest BCUT2D eigenvalue weighted by atomic mass is 9.80. The largest absolute Gasteiger partial charge is 0.497 e. The quantitative estimate of drug-likeness (QED) is 0.379. The number of sulfonamides is 1. The number of nitrogens with zero attached hydrogens (tertiary/aromatic N) is 3. The van der Waals surface area contributed by atoms with E-state index in [9.17, 15) is 18.0 Å². The van der Waals surface area contributed by atoms with E-state index in [1.165, 1.54) is 12.0 Å². The Kier molecular flexibility index (Phi) is 7.04. The summed E-state index contributed by atoms with van der Waals surface area (Å²) in [5.41, 5.74) is 4.70. The minimum Gasteiger partial charge on any atom is -0.497 e. The Hall–Kier alpha value is -3.86. The Balaban J connectivity index is 1.22. The van der Waals surface area contributed by atoms with Crippen molar-refractivity contribution in [1.82, 2.24) is 19.1 Å². The number of fused-ring (bicyclic) bond motifs is 9. The summed E-state index contributed by atoms with van der Waals surface area (Å²) in [4.78, 5) is 45.3. The minimum absolute atomic E-state index is 0.0298. The zero-order valence-electron chi connectivity index (χ0n) is 28.2. The predicted molar refractivity (Wildman–Crippen MR) is 185 cm³/mol. The van der Waals surface area contributed by atoms with Gasteiger partial charge in [-0.15, -0.1) is 0 Å². The zero-order valence-corrected chi connectivity index (χ0v) is 29.1. The first-order chi connectivity index (χ1) is 23.6. The van der Waals surface area contributed by atoms with Gasteiger partial charge in [0, 0.05) is 49.0 Å². The average molecular weight is 685 g/mol. The van der Waals surface area contributed by atoms with E-state index in [1.807, 2.05) is 28.0 Å². The number of benzene rings is 2. The van der Waals surface area contributed by atoms with E-state index in [4.69, 9.17) is 4.74 Å². The van der Waals surface area contributed by atoms with Gasteiger partial charge in [-0.25, -0.2) is 13.1 Å². The Morgan fingerprint density at radius 2 is 1.73 bits per heavy atom. The Labute approximate surface area is 287 Å². The monoisotopic (exact) mass is 684 g/mol. The van der Waals surface area contributed by atoms with Gasteiger partial charge in [0.05, 0.1) is 29.6 Å². The average Bonchev–Trinajstić information content (AvgIpc) is 4.02. The summed E-state index contributed by atoms with van der Waals surface area (Å²) in [7, 11) is -2.06. The Bertz CT molecular complexity index is 2030. The van der Waals surface area contributed by atoms with E-state index >= 15 is 4.79 Å². The van der Waals surface area contributed by atoms with Crippen LogP contribution in [0, 0.1) is 5.92 Å². The molecule has 0 radical (unpaired) electrons. The van der Waals surface area contributed by atoms with Gasteiger partial charge in [-0.3, -0.25) is 14.4 Å². The van der Waals surface area contributed by atoms with Gasteiger partial charge in [-0.1, -0.05) is 25.3 Å². The van der Waals surface area contributed by atoms with E-state index in [0.29, 0.717) is 38.3 Å². The van der Waals surface area contributed by atoms with Crippen molar-refractivity contribution in [2.45, 2.75) is 99.8 Å². The number of piperidine rings is 1. The van der Waals surface area contributed by atoms with Gasteiger partial charge < -0.3 is 19.1 Å². The molecule has 4 unspecified atom stereocenters. The molecule has 0 bridgehead atoms.